The summed E-state index contributed by atoms with van der Waals surface area (Å²) in [5, 5.41) is 10.0. The summed E-state index contributed by atoms with van der Waals surface area (Å²) in [5.41, 5.74) is 7.10. The van der Waals surface area contributed by atoms with Gasteiger partial charge in [-0.25, -0.2) is 4.79 Å². The second-order valence-electron chi connectivity index (χ2n) is 8.18. The van der Waals surface area contributed by atoms with Crippen LogP contribution in [0.4, 0.5) is 0 Å². The van der Waals surface area contributed by atoms with E-state index in [2.05, 4.69) is 34.2 Å². The van der Waals surface area contributed by atoms with Gasteiger partial charge in [-0.15, -0.1) is 0 Å². The number of hydrogen-bond acceptors (Lipinski definition) is 3. The lowest BCUT2D eigenvalue weighted by atomic mass is 10.00. The van der Waals surface area contributed by atoms with Crippen molar-refractivity contribution >= 4 is 28.6 Å². The molecule has 2 N–H and O–H groups in total. The van der Waals surface area contributed by atoms with Crippen LogP contribution < -0.4 is 4.74 Å². The van der Waals surface area contributed by atoms with Crippen molar-refractivity contribution in [1.82, 2.24) is 9.97 Å². The monoisotopic (exact) mass is 468 g/mol. The Balaban J connectivity index is 1.48. The number of benzene rings is 4. The van der Waals surface area contributed by atoms with Gasteiger partial charge in [-0.1, -0.05) is 66.2 Å². The Kier molecular flexibility index (Phi) is 5.56. The summed E-state index contributed by atoms with van der Waals surface area (Å²) in [6.45, 7) is 3.54. The molecule has 0 spiro atoms. The number of fused-ring (bicyclic) bond motifs is 1. The molecule has 0 saturated carbocycles. The Hall–Kier alpha value is -4.09. The first-order chi connectivity index (χ1) is 16.4. The molecular weight excluding hydrogens is 448 g/mol. The van der Waals surface area contributed by atoms with Gasteiger partial charge in [0, 0.05) is 11.1 Å². The number of aromatic nitrogens is 2. The number of aromatic carboxylic acids is 1. The maximum absolute atomic E-state index is 11.5. The maximum Gasteiger partial charge on any atom is 0.336 e. The van der Waals surface area contributed by atoms with E-state index in [0.717, 1.165) is 33.3 Å². The minimum Gasteiger partial charge on any atom is -0.478 e. The number of carbonyl (C=O) groups is 1. The van der Waals surface area contributed by atoms with E-state index in [4.69, 9.17) is 16.3 Å². The van der Waals surface area contributed by atoms with E-state index in [-0.39, 0.29) is 11.6 Å². The topological polar surface area (TPSA) is 75.2 Å². The standard InChI is InChI=1S/C28H21ClN2O3/c1-16-12-21(27(32)33)17(2)26(13-16)34-28-30-24-14-22(23(29)15-25(24)31-28)20-10-8-19(9-11-20)18-6-4-3-5-7-18/h3-15H,1-2H3,(H,30,31)(H,32,33). The summed E-state index contributed by atoms with van der Waals surface area (Å²) in [4.78, 5) is 19.2. The summed E-state index contributed by atoms with van der Waals surface area (Å²) < 4.78 is 5.94. The van der Waals surface area contributed by atoms with Gasteiger partial charge in [0.15, 0.2) is 0 Å². The number of hydrogen-bond donors (Lipinski definition) is 2. The summed E-state index contributed by atoms with van der Waals surface area (Å²) in [6, 6.07) is 25.9. The Labute approximate surface area is 201 Å². The average molecular weight is 469 g/mol. The molecule has 0 amide bonds. The van der Waals surface area contributed by atoms with Crippen molar-refractivity contribution in [2.24, 2.45) is 0 Å². The van der Waals surface area contributed by atoms with Crippen LogP contribution in [-0.2, 0) is 0 Å². The molecule has 4 aromatic carbocycles. The molecule has 5 nitrogen and oxygen atoms in total. The number of aryl methyl sites for hydroxylation is 1. The van der Waals surface area contributed by atoms with Gasteiger partial charge in [-0.2, -0.15) is 4.98 Å². The first-order valence-corrected chi connectivity index (χ1v) is 11.1. The van der Waals surface area contributed by atoms with Crippen LogP contribution in [0, 0.1) is 13.8 Å². The van der Waals surface area contributed by atoms with E-state index in [1.807, 2.05) is 49.4 Å². The number of imidazole rings is 1. The molecule has 0 radical (unpaired) electrons. The molecule has 6 heteroatoms. The molecule has 5 aromatic rings. The molecule has 0 aliphatic carbocycles. The third-order valence-electron chi connectivity index (χ3n) is 5.79. The molecule has 0 saturated heterocycles. The number of halogens is 1. The third-order valence-corrected chi connectivity index (χ3v) is 6.11. The van der Waals surface area contributed by atoms with Crippen LogP contribution in [0.25, 0.3) is 33.3 Å². The van der Waals surface area contributed by atoms with Crippen LogP contribution in [-0.4, -0.2) is 21.0 Å². The van der Waals surface area contributed by atoms with Crippen molar-refractivity contribution in [2.75, 3.05) is 0 Å². The van der Waals surface area contributed by atoms with Crippen molar-refractivity contribution in [3.63, 3.8) is 0 Å². The van der Waals surface area contributed by atoms with Crippen molar-refractivity contribution in [2.45, 2.75) is 13.8 Å². The molecule has 0 fully saturated rings. The number of nitrogens with zero attached hydrogens (tertiary/aromatic N) is 1. The predicted molar refractivity (Wildman–Crippen MR) is 135 cm³/mol. The van der Waals surface area contributed by atoms with Crippen LogP contribution in [0.2, 0.25) is 5.02 Å². The van der Waals surface area contributed by atoms with Crippen LogP contribution in [0.3, 0.4) is 0 Å². The SMILES string of the molecule is Cc1cc(Oc2nc3cc(-c4ccc(-c5ccccc5)cc4)c(Cl)cc3[nH]2)c(C)c(C(=O)O)c1. The highest BCUT2D eigenvalue weighted by Crippen LogP contribution is 2.35. The molecule has 34 heavy (non-hydrogen) atoms. The highest BCUT2D eigenvalue weighted by atomic mass is 35.5. The van der Waals surface area contributed by atoms with Gasteiger partial charge in [-0.05, 0) is 60.4 Å². The van der Waals surface area contributed by atoms with E-state index >= 15 is 0 Å². The van der Waals surface area contributed by atoms with Gasteiger partial charge in [-0.3, -0.25) is 0 Å². The van der Waals surface area contributed by atoms with Crippen molar-refractivity contribution in [3.8, 4) is 34.0 Å². The first kappa shape index (κ1) is 21.7. The van der Waals surface area contributed by atoms with Crippen LogP contribution in [0.15, 0.2) is 78.9 Å². The molecule has 0 aliphatic rings. The Morgan fingerprint density at radius 3 is 2.29 bits per heavy atom. The summed E-state index contributed by atoms with van der Waals surface area (Å²) in [7, 11) is 0. The van der Waals surface area contributed by atoms with E-state index in [0.29, 0.717) is 21.9 Å². The fourth-order valence-electron chi connectivity index (χ4n) is 4.01. The molecule has 0 unspecified atom stereocenters. The Morgan fingerprint density at radius 2 is 1.59 bits per heavy atom. The highest BCUT2D eigenvalue weighted by molar-refractivity contribution is 6.34. The minimum absolute atomic E-state index is 0.204. The van der Waals surface area contributed by atoms with Crippen LogP contribution in [0.1, 0.15) is 21.5 Å². The van der Waals surface area contributed by atoms with Gasteiger partial charge in [0.05, 0.1) is 21.6 Å². The average Bonchev–Trinajstić information content (AvgIpc) is 3.22. The Bertz CT molecular complexity index is 1520. The number of nitrogens with one attached hydrogen (secondary N) is 1. The van der Waals surface area contributed by atoms with E-state index in [1.54, 1.807) is 19.1 Å². The first-order valence-electron chi connectivity index (χ1n) is 10.8. The molecule has 168 valence electrons. The van der Waals surface area contributed by atoms with E-state index in [1.165, 1.54) is 0 Å². The maximum atomic E-state index is 11.5. The summed E-state index contributed by atoms with van der Waals surface area (Å²) >= 11 is 6.61. The van der Waals surface area contributed by atoms with Gasteiger partial charge in [0.2, 0.25) is 0 Å². The quantitative estimate of drug-likeness (QED) is 0.277. The summed E-state index contributed by atoms with van der Waals surface area (Å²) in [5.74, 6) is -0.551. The van der Waals surface area contributed by atoms with Gasteiger partial charge < -0.3 is 14.8 Å². The van der Waals surface area contributed by atoms with Gasteiger partial charge >= 0.3 is 5.97 Å². The fraction of sp³-hybridized carbons (Fsp3) is 0.0714. The lowest BCUT2D eigenvalue weighted by Crippen LogP contribution is -2.02. The van der Waals surface area contributed by atoms with Crippen molar-refractivity contribution < 1.29 is 14.6 Å². The van der Waals surface area contributed by atoms with E-state index < -0.39 is 5.97 Å². The van der Waals surface area contributed by atoms with Gasteiger partial charge in [0.25, 0.3) is 6.01 Å². The van der Waals surface area contributed by atoms with Crippen molar-refractivity contribution in [1.29, 1.82) is 0 Å². The minimum atomic E-state index is -0.995. The highest BCUT2D eigenvalue weighted by Gasteiger charge is 2.16. The van der Waals surface area contributed by atoms with Crippen LogP contribution >= 0.6 is 11.6 Å². The fourth-order valence-corrected chi connectivity index (χ4v) is 4.28. The second-order valence-corrected chi connectivity index (χ2v) is 8.58. The largest absolute Gasteiger partial charge is 0.478 e. The number of carboxylic acid groups (broad SMARTS) is 1. The normalized spacial score (nSPS) is 11.0. The number of carboxylic acids is 1. The zero-order chi connectivity index (χ0) is 23.8. The zero-order valence-corrected chi connectivity index (χ0v) is 19.4. The van der Waals surface area contributed by atoms with Gasteiger partial charge in [0.1, 0.15) is 5.75 Å². The van der Waals surface area contributed by atoms with Crippen molar-refractivity contribution in [3.05, 3.63) is 101 Å². The number of rotatable bonds is 5. The Morgan fingerprint density at radius 1 is 0.912 bits per heavy atom. The number of ether oxygens (including phenoxy) is 1. The molecule has 0 atom stereocenters. The number of H-pyrrole nitrogens is 1. The smallest absolute Gasteiger partial charge is 0.336 e. The van der Waals surface area contributed by atoms with E-state index in [9.17, 15) is 9.90 Å². The molecule has 0 bridgehead atoms. The third kappa shape index (κ3) is 4.14. The summed E-state index contributed by atoms with van der Waals surface area (Å²) in [6.07, 6.45) is 0. The predicted octanol–water partition coefficient (Wildman–Crippen LogP) is 7.66. The molecular formula is C28H21ClN2O3. The number of aromatic amines is 1. The zero-order valence-electron chi connectivity index (χ0n) is 18.6. The lowest BCUT2D eigenvalue weighted by molar-refractivity contribution is 0.0695. The molecule has 0 aliphatic heterocycles. The molecule has 1 aromatic heterocycles. The second kappa shape index (κ2) is 8.69. The van der Waals surface area contributed by atoms with Crippen LogP contribution in [0.5, 0.6) is 11.8 Å². The molecule has 5 rings (SSSR count). The molecule has 1 heterocycles. The lowest BCUT2D eigenvalue weighted by Gasteiger charge is -2.10.